The fourth-order valence-corrected chi connectivity index (χ4v) is 4.67. The van der Waals surface area contributed by atoms with E-state index in [9.17, 15) is 29.7 Å². The normalized spacial score (nSPS) is 16.1. The van der Waals surface area contributed by atoms with Crippen molar-refractivity contribution in [3.8, 4) is 0 Å². The van der Waals surface area contributed by atoms with Gasteiger partial charge in [-0.1, -0.05) is 72.0 Å². The first-order valence-corrected chi connectivity index (χ1v) is 13.3. The number of hydrogen-bond donors (Lipinski definition) is 3. The highest BCUT2D eigenvalue weighted by Gasteiger charge is 2.40. The molecule has 0 aliphatic rings. The van der Waals surface area contributed by atoms with Crippen LogP contribution in [0.2, 0.25) is 0 Å². The van der Waals surface area contributed by atoms with E-state index >= 15 is 0 Å². The molecular weight excluding hydrogens is 434 g/mol. The molecular formula is C27H50NO6+. The highest BCUT2D eigenvalue weighted by atomic mass is 16.4. The van der Waals surface area contributed by atoms with Crippen molar-refractivity contribution in [2.75, 3.05) is 26.2 Å². The maximum atomic E-state index is 11.9. The molecule has 198 valence electrons. The molecule has 0 aliphatic carbocycles. The Morgan fingerprint density at radius 3 is 1.38 bits per heavy atom. The van der Waals surface area contributed by atoms with Crippen LogP contribution >= 0.6 is 0 Å². The number of aliphatic carboxylic acids is 3. The molecule has 0 radical (unpaired) electrons. The van der Waals surface area contributed by atoms with Gasteiger partial charge in [-0.15, -0.1) is 0 Å². The van der Waals surface area contributed by atoms with Gasteiger partial charge < -0.3 is 19.8 Å². The van der Waals surface area contributed by atoms with Crippen molar-refractivity contribution < 1.29 is 34.2 Å². The minimum absolute atomic E-state index is 0.210. The molecule has 0 aromatic heterocycles. The fraction of sp³-hybridized carbons (Fsp3) is 0.815. The standard InChI is InChI=1S/C27H49NO6/c1-5-9-10-11-12-13-14-15-16-17-18-28(19-22(6-2)25(29)30,20-23(7-3)26(31)32)21-24(8-4)27(33)34/h15-16,22-24H,5-14,17-21H2,1-4H3,(H2-,29,30,31,32,33,34)/p+1/b16-15+. The molecule has 3 unspecified atom stereocenters. The number of carboxylic acids is 3. The summed E-state index contributed by atoms with van der Waals surface area (Å²) in [4.78, 5) is 35.6. The van der Waals surface area contributed by atoms with E-state index in [1.54, 1.807) is 0 Å². The minimum Gasteiger partial charge on any atom is -0.481 e. The molecule has 0 fully saturated rings. The van der Waals surface area contributed by atoms with Gasteiger partial charge >= 0.3 is 17.9 Å². The lowest BCUT2D eigenvalue weighted by atomic mass is 9.96. The number of quaternary nitrogens is 1. The van der Waals surface area contributed by atoms with Gasteiger partial charge in [-0.25, -0.2) is 0 Å². The Bertz CT molecular complexity index is 558. The Morgan fingerprint density at radius 1 is 0.618 bits per heavy atom. The molecule has 3 N–H and O–H groups in total. The van der Waals surface area contributed by atoms with Gasteiger partial charge in [0, 0.05) is 6.42 Å². The van der Waals surface area contributed by atoms with Gasteiger partial charge in [-0.05, 0) is 32.1 Å². The van der Waals surface area contributed by atoms with Crippen LogP contribution in [0.15, 0.2) is 12.2 Å². The molecule has 0 heterocycles. The monoisotopic (exact) mass is 484 g/mol. The van der Waals surface area contributed by atoms with Gasteiger partial charge in [0.2, 0.25) is 0 Å². The zero-order chi connectivity index (χ0) is 26.0. The Balaban J connectivity index is 5.55. The van der Waals surface area contributed by atoms with E-state index < -0.39 is 35.7 Å². The number of carbonyl (C=O) groups is 3. The highest BCUT2D eigenvalue weighted by molar-refractivity contribution is 5.71. The summed E-state index contributed by atoms with van der Waals surface area (Å²) < 4.78 is 0.210. The maximum absolute atomic E-state index is 11.9. The number of carboxylic acid groups (broad SMARTS) is 3. The Morgan fingerprint density at radius 2 is 1.00 bits per heavy atom. The first kappa shape index (κ1) is 32.1. The van der Waals surface area contributed by atoms with Gasteiger partial charge in [0.15, 0.2) is 0 Å². The molecule has 0 aromatic carbocycles. The second-order valence-electron chi connectivity index (χ2n) is 9.76. The quantitative estimate of drug-likeness (QED) is 0.101. The average Bonchev–Trinajstić information content (AvgIpc) is 2.79. The smallest absolute Gasteiger partial charge is 0.312 e. The summed E-state index contributed by atoms with van der Waals surface area (Å²) in [6.45, 7) is 8.97. The summed E-state index contributed by atoms with van der Waals surface area (Å²) in [5.74, 6) is -4.62. The van der Waals surface area contributed by atoms with E-state index in [1.807, 2.05) is 20.8 Å². The average molecular weight is 485 g/mol. The van der Waals surface area contributed by atoms with Crippen LogP contribution in [-0.2, 0) is 14.4 Å². The molecule has 3 atom stereocenters. The van der Waals surface area contributed by atoms with Crippen molar-refractivity contribution in [1.29, 1.82) is 0 Å². The van der Waals surface area contributed by atoms with Gasteiger partial charge in [0.1, 0.15) is 17.8 Å². The highest BCUT2D eigenvalue weighted by Crippen LogP contribution is 2.24. The third-order valence-corrected chi connectivity index (χ3v) is 7.01. The maximum Gasteiger partial charge on any atom is 0.312 e. The van der Waals surface area contributed by atoms with Crippen LogP contribution in [-0.4, -0.2) is 63.9 Å². The second-order valence-corrected chi connectivity index (χ2v) is 9.76. The van der Waals surface area contributed by atoms with Crippen LogP contribution in [0.3, 0.4) is 0 Å². The van der Waals surface area contributed by atoms with E-state index in [2.05, 4.69) is 19.1 Å². The Kier molecular flexibility index (Phi) is 17.4. The van der Waals surface area contributed by atoms with Crippen molar-refractivity contribution in [3.63, 3.8) is 0 Å². The van der Waals surface area contributed by atoms with Crippen LogP contribution in [0.4, 0.5) is 0 Å². The number of allylic oxidation sites excluding steroid dienone is 1. The molecule has 0 spiro atoms. The van der Waals surface area contributed by atoms with Gasteiger partial charge in [-0.2, -0.15) is 0 Å². The molecule has 0 rings (SSSR count). The Hall–Kier alpha value is -1.89. The number of rotatable bonds is 22. The molecule has 0 aromatic rings. The predicted octanol–water partition coefficient (Wildman–Crippen LogP) is 5.83. The predicted molar refractivity (Wildman–Crippen MR) is 136 cm³/mol. The summed E-state index contributed by atoms with van der Waals surface area (Å²) in [6.07, 6.45) is 14.7. The van der Waals surface area contributed by atoms with Crippen LogP contribution in [0, 0.1) is 17.8 Å². The molecule has 0 amide bonds. The fourth-order valence-electron chi connectivity index (χ4n) is 4.67. The van der Waals surface area contributed by atoms with Crippen molar-refractivity contribution in [2.45, 2.75) is 98.3 Å². The number of hydrogen-bond acceptors (Lipinski definition) is 3. The zero-order valence-corrected chi connectivity index (χ0v) is 22.0. The summed E-state index contributed by atoms with van der Waals surface area (Å²) in [5.41, 5.74) is 0. The van der Waals surface area contributed by atoms with Crippen LogP contribution in [0.1, 0.15) is 98.3 Å². The summed E-state index contributed by atoms with van der Waals surface area (Å²) in [5, 5.41) is 29.2. The van der Waals surface area contributed by atoms with E-state index in [1.165, 1.54) is 32.1 Å². The first-order chi connectivity index (χ1) is 16.2. The molecule has 7 nitrogen and oxygen atoms in total. The largest absolute Gasteiger partial charge is 0.481 e. The topological polar surface area (TPSA) is 112 Å². The molecule has 0 aliphatic heterocycles. The molecule has 0 saturated heterocycles. The minimum atomic E-state index is -0.907. The van der Waals surface area contributed by atoms with Crippen LogP contribution in [0.5, 0.6) is 0 Å². The third-order valence-electron chi connectivity index (χ3n) is 7.01. The van der Waals surface area contributed by atoms with Gasteiger partial charge in [0.05, 0.1) is 26.2 Å². The SMILES string of the molecule is CCCCCCCC/C=C/CC[N+](CC(CC)C(=O)O)(CC(CC)C(=O)O)CC(CC)C(=O)O. The van der Waals surface area contributed by atoms with E-state index in [4.69, 9.17) is 0 Å². The lowest BCUT2D eigenvalue weighted by molar-refractivity contribution is -0.934. The number of unbranched alkanes of at least 4 members (excludes halogenated alkanes) is 6. The Labute approximate surface area is 206 Å². The summed E-state index contributed by atoms with van der Waals surface area (Å²) >= 11 is 0. The van der Waals surface area contributed by atoms with Crippen LogP contribution < -0.4 is 0 Å². The van der Waals surface area contributed by atoms with E-state index in [0.717, 1.165) is 12.8 Å². The first-order valence-electron chi connectivity index (χ1n) is 13.3. The van der Waals surface area contributed by atoms with Crippen molar-refractivity contribution in [2.24, 2.45) is 17.8 Å². The van der Waals surface area contributed by atoms with Gasteiger partial charge in [0.25, 0.3) is 0 Å². The lowest BCUT2D eigenvalue weighted by Crippen LogP contribution is -2.58. The molecule has 0 bridgehead atoms. The van der Waals surface area contributed by atoms with Crippen molar-refractivity contribution >= 4 is 17.9 Å². The van der Waals surface area contributed by atoms with E-state index in [0.29, 0.717) is 32.2 Å². The molecule has 0 saturated carbocycles. The second kappa shape index (κ2) is 18.4. The molecule has 34 heavy (non-hydrogen) atoms. The van der Waals surface area contributed by atoms with E-state index in [-0.39, 0.29) is 24.1 Å². The van der Waals surface area contributed by atoms with Crippen molar-refractivity contribution in [3.05, 3.63) is 12.2 Å². The van der Waals surface area contributed by atoms with Crippen LogP contribution in [0.25, 0.3) is 0 Å². The van der Waals surface area contributed by atoms with Gasteiger partial charge in [-0.3, -0.25) is 14.4 Å². The lowest BCUT2D eigenvalue weighted by Gasteiger charge is -2.43. The number of nitrogens with zero attached hydrogens (tertiary/aromatic N) is 1. The summed E-state index contributed by atoms with van der Waals surface area (Å²) in [6, 6.07) is 0. The molecule has 7 heteroatoms. The van der Waals surface area contributed by atoms with Crippen molar-refractivity contribution in [1.82, 2.24) is 0 Å². The zero-order valence-electron chi connectivity index (χ0n) is 22.0. The summed E-state index contributed by atoms with van der Waals surface area (Å²) in [7, 11) is 0. The third kappa shape index (κ3) is 13.1.